The van der Waals surface area contributed by atoms with Gasteiger partial charge in [0.15, 0.2) is 6.54 Å². The van der Waals surface area contributed by atoms with E-state index in [0.29, 0.717) is 6.54 Å². The van der Waals surface area contributed by atoms with Gasteiger partial charge in [0.2, 0.25) is 0 Å². The minimum Gasteiger partial charge on any atom is -0.326 e. The Morgan fingerprint density at radius 2 is 1.79 bits per heavy atom. The van der Waals surface area contributed by atoms with Gasteiger partial charge in [0, 0.05) is 4.90 Å². The third-order valence-corrected chi connectivity index (χ3v) is 5.56. The Morgan fingerprint density at radius 1 is 1.11 bits per heavy atom. The maximum atomic E-state index is 12.5. The van der Waals surface area contributed by atoms with Gasteiger partial charge in [-0.05, 0) is 44.4 Å². The number of amides is 1. The number of carbonyl (C=O) groups is 1. The van der Waals surface area contributed by atoms with Crippen LogP contribution in [0.4, 0.5) is 5.69 Å². The molecular formula is C22H27N4OS+. The predicted octanol–water partition coefficient (Wildman–Crippen LogP) is 2.86. The Morgan fingerprint density at radius 3 is 2.50 bits per heavy atom. The number of para-hydroxylation sites is 2. The number of hydrogen-bond acceptors (Lipinski definition) is 3. The molecule has 0 aliphatic rings. The third-order valence-electron chi connectivity index (χ3n) is 4.76. The van der Waals surface area contributed by atoms with Crippen molar-refractivity contribution in [1.82, 2.24) is 9.78 Å². The van der Waals surface area contributed by atoms with Crippen LogP contribution in [0.15, 0.2) is 59.5 Å². The molecule has 1 atom stereocenters. The number of nitrogens with zero attached hydrogens (tertiary/aromatic N) is 2. The summed E-state index contributed by atoms with van der Waals surface area (Å²) in [5.74, 6) is 0.0183. The molecule has 1 unspecified atom stereocenters. The first-order valence-electron chi connectivity index (χ1n) is 9.34. The topological polar surface area (TPSA) is 51.4 Å². The molecule has 28 heavy (non-hydrogen) atoms. The number of quaternary nitrogens is 1. The highest BCUT2D eigenvalue weighted by Gasteiger charge is 2.18. The predicted molar refractivity (Wildman–Crippen MR) is 115 cm³/mol. The third kappa shape index (κ3) is 4.64. The first-order chi connectivity index (χ1) is 13.5. The fourth-order valence-electron chi connectivity index (χ4n) is 3.33. The average molecular weight is 396 g/mol. The lowest BCUT2D eigenvalue weighted by molar-refractivity contribution is -0.885. The number of hydrogen-bond donors (Lipinski definition) is 2. The van der Waals surface area contributed by atoms with Crippen molar-refractivity contribution in [2.24, 2.45) is 0 Å². The Labute approximate surface area is 170 Å². The zero-order valence-electron chi connectivity index (χ0n) is 16.8. The van der Waals surface area contributed by atoms with E-state index in [9.17, 15) is 4.79 Å². The average Bonchev–Trinajstić information content (AvgIpc) is 2.97. The molecule has 0 aliphatic carbocycles. The summed E-state index contributed by atoms with van der Waals surface area (Å²) < 4.78 is 1.98. The lowest BCUT2D eigenvalue weighted by Gasteiger charge is -2.15. The van der Waals surface area contributed by atoms with E-state index in [2.05, 4.69) is 24.4 Å². The van der Waals surface area contributed by atoms with Crippen molar-refractivity contribution < 1.29 is 9.69 Å². The van der Waals surface area contributed by atoms with Crippen molar-refractivity contribution in [2.45, 2.75) is 25.3 Å². The summed E-state index contributed by atoms with van der Waals surface area (Å²) in [4.78, 5) is 14.7. The van der Waals surface area contributed by atoms with E-state index in [1.54, 1.807) is 11.8 Å². The first-order valence-corrected chi connectivity index (χ1v) is 10.6. The van der Waals surface area contributed by atoms with Gasteiger partial charge in [-0.1, -0.05) is 30.3 Å². The number of carbonyl (C=O) groups excluding carboxylic acids is 1. The van der Waals surface area contributed by atoms with Crippen molar-refractivity contribution in [2.75, 3.05) is 25.2 Å². The second-order valence-electron chi connectivity index (χ2n) is 6.96. The van der Waals surface area contributed by atoms with E-state index in [1.807, 2.05) is 67.4 Å². The van der Waals surface area contributed by atoms with Gasteiger partial charge in [-0.15, -0.1) is 11.8 Å². The number of nitrogens with one attached hydrogen (secondary N) is 2. The Kier molecular flexibility index (Phi) is 6.54. The molecule has 0 aliphatic heterocycles. The second-order valence-corrected chi connectivity index (χ2v) is 7.80. The van der Waals surface area contributed by atoms with Crippen molar-refractivity contribution in [3.63, 3.8) is 0 Å². The van der Waals surface area contributed by atoms with E-state index in [1.165, 1.54) is 5.56 Å². The molecule has 1 amide bonds. The van der Waals surface area contributed by atoms with Crippen LogP contribution in [0.25, 0.3) is 5.69 Å². The number of benzene rings is 2. The van der Waals surface area contributed by atoms with Crippen LogP contribution < -0.4 is 10.2 Å². The van der Waals surface area contributed by atoms with E-state index in [0.717, 1.165) is 39.1 Å². The van der Waals surface area contributed by atoms with Crippen LogP contribution in [0.3, 0.4) is 0 Å². The number of likely N-dealkylation sites (N-methyl/N-ethyl adjacent to an activating group) is 1. The molecule has 0 spiro atoms. The summed E-state index contributed by atoms with van der Waals surface area (Å²) in [7, 11) is 2.04. The molecule has 5 nitrogen and oxygen atoms in total. The van der Waals surface area contributed by atoms with Crippen molar-refractivity contribution in [3.8, 4) is 5.69 Å². The lowest BCUT2D eigenvalue weighted by atomic mass is 10.2. The van der Waals surface area contributed by atoms with Gasteiger partial charge in [-0.3, -0.25) is 4.79 Å². The number of aryl methyl sites for hydroxylation is 1. The Hall–Kier alpha value is -2.57. The molecule has 0 radical (unpaired) electrons. The van der Waals surface area contributed by atoms with Crippen LogP contribution in [-0.2, 0) is 11.3 Å². The molecule has 0 fully saturated rings. The minimum atomic E-state index is 0.0183. The normalized spacial score (nSPS) is 12.0. The molecule has 0 saturated heterocycles. The molecule has 6 heteroatoms. The van der Waals surface area contributed by atoms with Gasteiger partial charge in [0.1, 0.15) is 6.54 Å². The largest absolute Gasteiger partial charge is 0.326 e. The summed E-state index contributed by atoms with van der Waals surface area (Å²) in [6.07, 6.45) is 2.01. The van der Waals surface area contributed by atoms with Gasteiger partial charge in [0.25, 0.3) is 5.91 Å². The summed E-state index contributed by atoms with van der Waals surface area (Å²) in [5.41, 5.74) is 5.25. The van der Waals surface area contributed by atoms with E-state index < -0.39 is 0 Å². The zero-order valence-corrected chi connectivity index (χ0v) is 17.6. The van der Waals surface area contributed by atoms with Crippen LogP contribution in [0.5, 0.6) is 0 Å². The number of anilines is 1. The molecule has 0 saturated carbocycles. The molecule has 2 aromatic carbocycles. The quantitative estimate of drug-likeness (QED) is 0.605. The smallest absolute Gasteiger partial charge is 0.279 e. The van der Waals surface area contributed by atoms with Crippen LogP contribution >= 0.6 is 11.8 Å². The van der Waals surface area contributed by atoms with Crippen LogP contribution in [0.2, 0.25) is 0 Å². The molecule has 3 rings (SSSR count). The Bertz CT molecular complexity index is 952. The molecule has 1 aromatic heterocycles. The monoisotopic (exact) mass is 395 g/mol. The first kappa shape index (κ1) is 20.2. The highest BCUT2D eigenvalue weighted by molar-refractivity contribution is 7.98. The summed E-state index contributed by atoms with van der Waals surface area (Å²) in [6, 6.07) is 18.0. The highest BCUT2D eigenvalue weighted by Crippen LogP contribution is 2.24. The summed E-state index contributed by atoms with van der Waals surface area (Å²) >= 11 is 1.63. The van der Waals surface area contributed by atoms with Crippen LogP contribution in [0, 0.1) is 13.8 Å². The number of thioether (sulfide) groups is 1. The van der Waals surface area contributed by atoms with Gasteiger partial charge >= 0.3 is 0 Å². The zero-order chi connectivity index (χ0) is 20.1. The maximum absolute atomic E-state index is 12.5. The minimum absolute atomic E-state index is 0.0183. The molecular weight excluding hydrogens is 368 g/mol. The molecule has 1 heterocycles. The van der Waals surface area contributed by atoms with Gasteiger partial charge in [0.05, 0.1) is 35.4 Å². The van der Waals surface area contributed by atoms with Gasteiger partial charge in [-0.2, -0.15) is 5.10 Å². The highest BCUT2D eigenvalue weighted by atomic mass is 32.2. The van der Waals surface area contributed by atoms with Crippen LogP contribution in [-0.4, -0.2) is 35.5 Å². The lowest BCUT2D eigenvalue weighted by Crippen LogP contribution is -3.08. The standard InChI is InChI=1S/C22H26N4OS/c1-16-19(17(2)26(24-16)18-10-6-5-7-11-18)14-25(3)15-22(27)23-20-12-8-9-13-21(20)28-4/h5-13H,14-15H2,1-4H3,(H,23,27)/p+1. The van der Waals surface area contributed by atoms with Crippen molar-refractivity contribution in [3.05, 3.63) is 71.5 Å². The molecule has 3 aromatic rings. The maximum Gasteiger partial charge on any atom is 0.279 e. The van der Waals surface area contributed by atoms with Crippen molar-refractivity contribution in [1.29, 1.82) is 0 Å². The number of aromatic nitrogens is 2. The summed E-state index contributed by atoms with van der Waals surface area (Å²) in [6.45, 7) is 5.27. The summed E-state index contributed by atoms with van der Waals surface area (Å²) in [5, 5.41) is 7.74. The number of rotatable bonds is 7. The van der Waals surface area contributed by atoms with Gasteiger partial charge in [-0.25, -0.2) is 4.68 Å². The van der Waals surface area contributed by atoms with Gasteiger partial charge < -0.3 is 10.2 Å². The van der Waals surface area contributed by atoms with Crippen LogP contribution in [0.1, 0.15) is 17.0 Å². The molecule has 0 bridgehead atoms. The fourth-order valence-corrected chi connectivity index (χ4v) is 3.89. The SMILES string of the molecule is CSc1ccccc1NC(=O)C[NH+](C)Cc1c(C)nn(-c2ccccc2)c1C. The van der Waals surface area contributed by atoms with Crippen molar-refractivity contribution >= 4 is 23.4 Å². The second kappa shape index (κ2) is 9.08. The van der Waals surface area contributed by atoms with E-state index >= 15 is 0 Å². The molecule has 2 N–H and O–H groups in total. The van der Waals surface area contributed by atoms with E-state index in [-0.39, 0.29) is 5.91 Å². The molecule has 146 valence electrons. The fraction of sp³-hybridized carbons (Fsp3) is 0.273. The van der Waals surface area contributed by atoms with E-state index in [4.69, 9.17) is 5.10 Å². The Balaban J connectivity index is 1.67.